The van der Waals surface area contributed by atoms with Gasteiger partial charge in [0.25, 0.3) is 0 Å². The van der Waals surface area contributed by atoms with Crippen LogP contribution in [0.15, 0.2) is 11.1 Å². The van der Waals surface area contributed by atoms with E-state index in [0.717, 1.165) is 50.4 Å². The molecular weight excluding hydrogens is 420 g/mol. The molecule has 4 fully saturated rings. The van der Waals surface area contributed by atoms with Crippen LogP contribution in [-0.4, -0.2) is 23.3 Å². The Kier molecular flexibility index (Phi) is 5.15. The maximum Gasteiger partial charge on any atom is 0.160 e. The third-order valence-corrected chi connectivity index (χ3v) is 13.7. The van der Waals surface area contributed by atoms with Gasteiger partial charge in [0, 0.05) is 6.42 Å². The summed E-state index contributed by atoms with van der Waals surface area (Å²) in [6, 6.07) is 0. The average Bonchev–Trinajstić information content (AvgIpc) is 3.06. The summed E-state index contributed by atoms with van der Waals surface area (Å²) in [5, 5.41) is 11.0. The topological polar surface area (TPSA) is 54.4 Å². The highest BCUT2D eigenvalue weighted by Gasteiger charge is 2.74. The highest BCUT2D eigenvalue weighted by atomic mass is 16.3. The summed E-state index contributed by atoms with van der Waals surface area (Å²) in [5.41, 5.74) is 2.25. The van der Waals surface area contributed by atoms with Crippen LogP contribution in [0.1, 0.15) is 113 Å². The SMILES string of the molecule is CC(C)C1=C2[C@H]3CC[C@@]4(C)[C@@](C)(CC[C@@H]5C(C)(C)[C@@H](O)CC[C@@]54C)[C@]3(C)CCC2(C=O)CC1=O. The van der Waals surface area contributed by atoms with E-state index in [4.69, 9.17) is 0 Å². The number of ketones is 1. The summed E-state index contributed by atoms with van der Waals surface area (Å²) in [4.78, 5) is 25.9. The molecule has 0 aromatic rings. The van der Waals surface area contributed by atoms with Crippen LogP contribution in [0.5, 0.6) is 0 Å². The minimum Gasteiger partial charge on any atom is -0.393 e. The van der Waals surface area contributed by atoms with E-state index in [2.05, 4.69) is 55.4 Å². The maximum atomic E-state index is 13.3. The summed E-state index contributed by atoms with van der Waals surface area (Å²) < 4.78 is 0. The Bertz CT molecular complexity index is 960. The molecule has 190 valence electrons. The first kappa shape index (κ1) is 24.7. The molecule has 5 aliphatic carbocycles. The van der Waals surface area contributed by atoms with Crippen molar-refractivity contribution in [3.8, 4) is 0 Å². The number of rotatable bonds is 2. The van der Waals surface area contributed by atoms with E-state index in [9.17, 15) is 14.7 Å². The van der Waals surface area contributed by atoms with Gasteiger partial charge in [0.2, 0.25) is 0 Å². The quantitative estimate of drug-likeness (QED) is 0.448. The molecule has 0 aliphatic heterocycles. The van der Waals surface area contributed by atoms with Crippen molar-refractivity contribution in [2.75, 3.05) is 0 Å². The molecule has 5 rings (SSSR count). The lowest BCUT2D eigenvalue weighted by Crippen LogP contribution is -2.70. The molecule has 0 bridgehead atoms. The van der Waals surface area contributed by atoms with E-state index in [-0.39, 0.29) is 44.9 Å². The molecule has 3 heteroatoms. The minimum atomic E-state index is -0.539. The van der Waals surface area contributed by atoms with Crippen LogP contribution in [0.4, 0.5) is 0 Å². The highest BCUT2D eigenvalue weighted by Crippen LogP contribution is 2.80. The Morgan fingerprint density at radius 3 is 2.09 bits per heavy atom. The molecule has 0 radical (unpaired) electrons. The molecule has 5 aliphatic rings. The van der Waals surface area contributed by atoms with Gasteiger partial charge in [0.05, 0.1) is 11.5 Å². The van der Waals surface area contributed by atoms with Gasteiger partial charge in [-0.3, -0.25) is 4.79 Å². The zero-order chi connectivity index (χ0) is 25.1. The van der Waals surface area contributed by atoms with Gasteiger partial charge in [0.15, 0.2) is 5.78 Å². The van der Waals surface area contributed by atoms with Gasteiger partial charge in [-0.15, -0.1) is 0 Å². The molecule has 4 saturated carbocycles. The van der Waals surface area contributed by atoms with E-state index in [1.807, 2.05) is 0 Å². The van der Waals surface area contributed by atoms with E-state index in [0.29, 0.717) is 18.3 Å². The van der Waals surface area contributed by atoms with Gasteiger partial charge in [-0.05, 0) is 107 Å². The number of aliphatic hydroxyl groups excluding tert-OH is 1. The van der Waals surface area contributed by atoms with E-state index < -0.39 is 5.41 Å². The number of hydrogen-bond donors (Lipinski definition) is 1. The third kappa shape index (κ3) is 2.54. The largest absolute Gasteiger partial charge is 0.393 e. The highest BCUT2D eigenvalue weighted by molar-refractivity contribution is 6.03. The molecule has 8 atom stereocenters. The molecule has 0 saturated heterocycles. The van der Waals surface area contributed by atoms with Crippen molar-refractivity contribution in [2.24, 2.45) is 50.2 Å². The Balaban J connectivity index is 1.66. The molecule has 3 nitrogen and oxygen atoms in total. The molecule has 0 heterocycles. The van der Waals surface area contributed by atoms with E-state index in [1.165, 1.54) is 18.4 Å². The lowest BCUT2D eigenvalue weighted by atomic mass is 9.28. The molecule has 0 aromatic heterocycles. The number of allylic oxidation sites excluding steroid dienone is 2. The molecule has 1 N–H and O–H groups in total. The number of carbonyl (C=O) groups excluding carboxylic acids is 2. The smallest absolute Gasteiger partial charge is 0.160 e. The number of carbonyl (C=O) groups is 2. The normalized spacial score (nSPS) is 52.1. The number of hydrogen-bond acceptors (Lipinski definition) is 3. The fourth-order valence-electron chi connectivity index (χ4n) is 11.2. The number of aliphatic hydroxyl groups is 1. The van der Waals surface area contributed by atoms with Crippen molar-refractivity contribution in [3.05, 3.63) is 11.1 Å². The maximum absolute atomic E-state index is 13.3. The van der Waals surface area contributed by atoms with Crippen LogP contribution in [0.25, 0.3) is 0 Å². The first-order chi connectivity index (χ1) is 15.7. The summed E-state index contributed by atoms with van der Waals surface area (Å²) in [7, 11) is 0. The van der Waals surface area contributed by atoms with Crippen LogP contribution in [0, 0.1) is 50.2 Å². The van der Waals surface area contributed by atoms with Crippen molar-refractivity contribution in [1.82, 2.24) is 0 Å². The molecule has 0 aromatic carbocycles. The van der Waals surface area contributed by atoms with E-state index in [1.54, 1.807) is 0 Å². The zero-order valence-electron chi connectivity index (χ0n) is 23.0. The van der Waals surface area contributed by atoms with Crippen LogP contribution < -0.4 is 0 Å². The van der Waals surface area contributed by atoms with Gasteiger partial charge in [-0.25, -0.2) is 0 Å². The second-order valence-corrected chi connectivity index (χ2v) is 14.9. The molecule has 0 amide bonds. The molecule has 0 spiro atoms. The fraction of sp³-hybridized carbons (Fsp3) is 0.871. The predicted molar refractivity (Wildman–Crippen MR) is 136 cm³/mol. The number of aldehydes is 1. The molecule has 34 heavy (non-hydrogen) atoms. The fourth-order valence-corrected chi connectivity index (χ4v) is 11.2. The van der Waals surface area contributed by atoms with Crippen LogP contribution in [-0.2, 0) is 9.59 Å². The molecular formula is C31H48O3. The Morgan fingerprint density at radius 1 is 0.853 bits per heavy atom. The summed E-state index contributed by atoms with van der Waals surface area (Å²) in [5.74, 6) is 1.27. The Hall–Kier alpha value is -0.960. The first-order valence-electron chi connectivity index (χ1n) is 14.1. The van der Waals surface area contributed by atoms with Gasteiger partial charge < -0.3 is 9.90 Å². The average molecular weight is 469 g/mol. The second kappa shape index (κ2) is 7.08. The minimum absolute atomic E-state index is 0.0560. The van der Waals surface area contributed by atoms with Crippen molar-refractivity contribution in [3.63, 3.8) is 0 Å². The van der Waals surface area contributed by atoms with Crippen LogP contribution >= 0.6 is 0 Å². The lowest BCUT2D eigenvalue weighted by Gasteiger charge is -2.76. The van der Waals surface area contributed by atoms with Gasteiger partial charge in [0.1, 0.15) is 6.29 Å². The number of Topliss-reactive ketones (excluding diaryl/α,β-unsaturated/α-hetero) is 1. The lowest BCUT2D eigenvalue weighted by molar-refractivity contribution is -0.275. The monoisotopic (exact) mass is 468 g/mol. The third-order valence-electron chi connectivity index (χ3n) is 13.7. The number of fused-ring (bicyclic) bond motifs is 7. The van der Waals surface area contributed by atoms with Gasteiger partial charge in [-0.2, -0.15) is 0 Å². The summed E-state index contributed by atoms with van der Waals surface area (Å²) >= 11 is 0. The van der Waals surface area contributed by atoms with Crippen LogP contribution in [0.2, 0.25) is 0 Å². The van der Waals surface area contributed by atoms with Gasteiger partial charge in [-0.1, -0.05) is 55.4 Å². The molecule has 1 unspecified atom stereocenters. The first-order valence-corrected chi connectivity index (χ1v) is 14.1. The van der Waals surface area contributed by atoms with Crippen molar-refractivity contribution in [1.29, 1.82) is 0 Å². The summed E-state index contributed by atoms with van der Waals surface area (Å²) in [6.07, 6.45) is 9.82. The second-order valence-electron chi connectivity index (χ2n) is 14.9. The van der Waals surface area contributed by atoms with Gasteiger partial charge >= 0.3 is 0 Å². The Labute approximate surface area is 207 Å². The van der Waals surface area contributed by atoms with Crippen molar-refractivity contribution < 1.29 is 14.7 Å². The van der Waals surface area contributed by atoms with Crippen LogP contribution in [0.3, 0.4) is 0 Å². The standard InChI is InChI=1S/C31H48O3/c1-19(2)24-21(33)17-31(18-32)16-15-27(5)20(25(24)31)9-13-30(8)28(6)12-11-23(34)26(3,4)22(28)10-14-29(27,30)7/h18-20,22-23,34H,9-17H2,1-8H3/t20-,22-,23+,27-,28+,29+,30-,31?/m1/s1. The van der Waals surface area contributed by atoms with Crippen molar-refractivity contribution >= 4 is 12.1 Å². The van der Waals surface area contributed by atoms with Crippen molar-refractivity contribution in [2.45, 2.75) is 119 Å². The van der Waals surface area contributed by atoms with E-state index >= 15 is 0 Å². The Morgan fingerprint density at radius 2 is 1.47 bits per heavy atom. The summed E-state index contributed by atoms with van der Waals surface area (Å²) in [6.45, 7) is 19.2. The predicted octanol–water partition coefficient (Wildman–Crippen LogP) is 6.92. The zero-order valence-corrected chi connectivity index (χ0v) is 23.0.